The number of nitrogens with zero attached hydrogens (tertiary/aromatic N) is 5. The smallest absolute Gasteiger partial charge is 0.314 e. The van der Waals surface area contributed by atoms with Crippen LogP contribution in [0.4, 0.5) is 0 Å². The van der Waals surface area contributed by atoms with Crippen molar-refractivity contribution in [2.75, 3.05) is 7.05 Å². The molecule has 0 radical (unpaired) electrons. The van der Waals surface area contributed by atoms with Crippen molar-refractivity contribution in [3.05, 3.63) is 92.8 Å². The number of carbonyl (C=O) groups is 1. The standard InChI is InChI=1S/C20H17N5O3/c1-22-16-15(13-9-5-3-6-10-13)21-20(17(22)26,14-11-7-4-8-12-14)25-19(28)23(2)18(27)24(16)25/h3-12,16H,1-2H3. The van der Waals surface area contributed by atoms with Gasteiger partial charge in [-0.25, -0.2) is 19.1 Å². The van der Waals surface area contributed by atoms with Crippen LogP contribution in [0.2, 0.25) is 0 Å². The van der Waals surface area contributed by atoms with E-state index in [9.17, 15) is 14.4 Å². The number of carbonyl (C=O) groups excluding carboxylic acids is 1. The van der Waals surface area contributed by atoms with Crippen LogP contribution in [0.15, 0.2) is 75.2 Å². The Morgan fingerprint density at radius 1 is 0.857 bits per heavy atom. The van der Waals surface area contributed by atoms with E-state index in [1.54, 1.807) is 31.3 Å². The fraction of sp³-hybridized carbons (Fsp3) is 0.200. The van der Waals surface area contributed by atoms with Gasteiger partial charge < -0.3 is 4.90 Å². The van der Waals surface area contributed by atoms with Crippen molar-refractivity contribution in [3.8, 4) is 0 Å². The van der Waals surface area contributed by atoms with Crippen molar-refractivity contribution in [2.24, 2.45) is 12.0 Å². The van der Waals surface area contributed by atoms with Crippen LogP contribution in [0.1, 0.15) is 17.3 Å². The Kier molecular flexibility index (Phi) is 3.19. The number of benzene rings is 2. The third-order valence-corrected chi connectivity index (χ3v) is 5.46. The van der Waals surface area contributed by atoms with Crippen LogP contribution in [0, 0.1) is 0 Å². The van der Waals surface area contributed by atoms with Crippen LogP contribution in [0.5, 0.6) is 0 Å². The quantitative estimate of drug-likeness (QED) is 0.655. The fourth-order valence-electron chi connectivity index (χ4n) is 4.11. The second-order valence-corrected chi connectivity index (χ2v) is 6.97. The van der Waals surface area contributed by atoms with E-state index in [2.05, 4.69) is 0 Å². The van der Waals surface area contributed by atoms with Crippen LogP contribution >= 0.6 is 0 Å². The summed E-state index contributed by atoms with van der Waals surface area (Å²) in [5.74, 6) is -0.351. The van der Waals surface area contributed by atoms with Gasteiger partial charge >= 0.3 is 11.4 Å². The van der Waals surface area contributed by atoms with Gasteiger partial charge in [0.25, 0.3) is 11.6 Å². The van der Waals surface area contributed by atoms with E-state index in [-0.39, 0.29) is 5.91 Å². The number of rotatable bonds is 2. The number of likely N-dealkylation sites (N-methyl/N-ethyl adjacent to an activating group) is 1. The lowest BCUT2D eigenvalue weighted by Gasteiger charge is -2.48. The third-order valence-electron chi connectivity index (χ3n) is 5.46. The Morgan fingerprint density at radius 2 is 1.46 bits per heavy atom. The molecule has 0 saturated heterocycles. The van der Waals surface area contributed by atoms with E-state index >= 15 is 0 Å². The molecule has 4 heterocycles. The molecule has 2 bridgehead atoms. The van der Waals surface area contributed by atoms with Crippen molar-refractivity contribution in [1.29, 1.82) is 0 Å². The second-order valence-electron chi connectivity index (χ2n) is 6.97. The highest BCUT2D eigenvalue weighted by atomic mass is 16.2. The summed E-state index contributed by atoms with van der Waals surface area (Å²) in [5, 5.41) is 0. The van der Waals surface area contributed by atoms with Gasteiger partial charge in [-0.2, -0.15) is 9.36 Å². The first kappa shape index (κ1) is 16.5. The molecule has 0 saturated carbocycles. The molecule has 0 N–H and O–H groups in total. The van der Waals surface area contributed by atoms with E-state index in [4.69, 9.17) is 4.99 Å². The molecule has 140 valence electrons. The molecule has 0 spiro atoms. The highest BCUT2D eigenvalue weighted by Gasteiger charge is 2.59. The SMILES string of the molecule is CN1C(=O)C2(c3ccccc3)N=C(c3ccccc3)C1n1c(=O)n(C)c(=O)n12. The van der Waals surface area contributed by atoms with Gasteiger partial charge in [0.05, 0.1) is 5.71 Å². The molecule has 6 rings (SSSR count). The zero-order chi connectivity index (χ0) is 19.6. The minimum absolute atomic E-state index is 0.351. The molecular weight excluding hydrogens is 358 g/mol. The molecule has 3 aromatic rings. The lowest BCUT2D eigenvalue weighted by molar-refractivity contribution is -0.147. The first-order valence-corrected chi connectivity index (χ1v) is 8.87. The predicted octanol–water partition coefficient (Wildman–Crippen LogP) is 0.523. The average molecular weight is 375 g/mol. The van der Waals surface area contributed by atoms with Crippen molar-refractivity contribution in [1.82, 2.24) is 18.8 Å². The lowest BCUT2D eigenvalue weighted by atomic mass is 9.91. The molecule has 3 aliphatic rings. The van der Waals surface area contributed by atoms with Crippen LogP contribution < -0.4 is 11.4 Å². The Labute approximate surface area is 159 Å². The Morgan fingerprint density at radius 3 is 2.11 bits per heavy atom. The maximum atomic E-state index is 13.5. The van der Waals surface area contributed by atoms with E-state index in [1.165, 1.54) is 21.3 Å². The van der Waals surface area contributed by atoms with Gasteiger partial charge in [0.15, 0.2) is 6.17 Å². The van der Waals surface area contributed by atoms with Crippen LogP contribution in [-0.4, -0.2) is 37.5 Å². The molecule has 1 amide bonds. The zero-order valence-corrected chi connectivity index (χ0v) is 15.3. The monoisotopic (exact) mass is 375 g/mol. The maximum Gasteiger partial charge on any atom is 0.350 e. The summed E-state index contributed by atoms with van der Waals surface area (Å²) in [5.41, 5.74) is -0.831. The van der Waals surface area contributed by atoms with Crippen LogP contribution in [0.3, 0.4) is 0 Å². The maximum absolute atomic E-state index is 13.5. The van der Waals surface area contributed by atoms with Gasteiger partial charge in [0.1, 0.15) is 0 Å². The topological polar surface area (TPSA) is 81.6 Å². The second kappa shape index (κ2) is 5.41. The third kappa shape index (κ3) is 1.79. The van der Waals surface area contributed by atoms with Crippen molar-refractivity contribution in [2.45, 2.75) is 11.8 Å². The molecule has 0 aliphatic carbocycles. The van der Waals surface area contributed by atoms with E-state index in [0.29, 0.717) is 11.3 Å². The summed E-state index contributed by atoms with van der Waals surface area (Å²) in [6, 6.07) is 18.3. The minimum Gasteiger partial charge on any atom is -0.314 e. The van der Waals surface area contributed by atoms with Crippen LogP contribution in [0.25, 0.3) is 0 Å². The number of amides is 1. The number of hydrogen-bond acceptors (Lipinski definition) is 4. The molecule has 1 aromatic heterocycles. The van der Waals surface area contributed by atoms with Crippen LogP contribution in [-0.2, 0) is 17.5 Å². The Hall–Kier alpha value is -3.68. The molecular formula is C20H17N5O3. The fourth-order valence-corrected chi connectivity index (χ4v) is 4.11. The molecule has 3 aliphatic heterocycles. The largest absolute Gasteiger partial charge is 0.350 e. The summed E-state index contributed by atoms with van der Waals surface area (Å²) in [6.45, 7) is 0. The van der Waals surface area contributed by atoms with E-state index in [0.717, 1.165) is 10.1 Å². The van der Waals surface area contributed by atoms with E-state index < -0.39 is 23.2 Å². The first-order valence-electron chi connectivity index (χ1n) is 8.87. The summed E-state index contributed by atoms with van der Waals surface area (Å²) in [4.78, 5) is 45.7. The summed E-state index contributed by atoms with van der Waals surface area (Å²) in [7, 11) is 3.05. The lowest BCUT2D eigenvalue weighted by Crippen LogP contribution is -2.67. The predicted molar refractivity (Wildman–Crippen MR) is 102 cm³/mol. The zero-order valence-electron chi connectivity index (χ0n) is 15.3. The summed E-state index contributed by atoms with van der Waals surface area (Å²) in [6.07, 6.45) is -0.790. The number of hydrogen-bond donors (Lipinski definition) is 0. The molecule has 28 heavy (non-hydrogen) atoms. The van der Waals surface area contributed by atoms with Gasteiger partial charge in [-0.15, -0.1) is 0 Å². The molecule has 8 nitrogen and oxygen atoms in total. The number of aromatic nitrogens is 3. The number of aliphatic imine (C=N–C) groups is 1. The van der Waals surface area contributed by atoms with Crippen molar-refractivity contribution >= 4 is 11.6 Å². The highest BCUT2D eigenvalue weighted by molar-refractivity contribution is 6.10. The van der Waals surface area contributed by atoms with Gasteiger partial charge in [-0.1, -0.05) is 60.7 Å². The number of fused-ring (bicyclic) bond motifs is 1. The van der Waals surface area contributed by atoms with Gasteiger partial charge in [0.2, 0.25) is 0 Å². The van der Waals surface area contributed by atoms with Crippen molar-refractivity contribution in [3.63, 3.8) is 0 Å². The molecule has 2 atom stereocenters. The highest BCUT2D eigenvalue weighted by Crippen LogP contribution is 2.41. The molecule has 8 heteroatoms. The van der Waals surface area contributed by atoms with Crippen molar-refractivity contribution < 1.29 is 4.79 Å². The summed E-state index contributed by atoms with van der Waals surface area (Å²) < 4.78 is 3.55. The minimum atomic E-state index is -1.66. The van der Waals surface area contributed by atoms with Gasteiger partial charge in [0, 0.05) is 19.7 Å². The normalized spacial score (nSPS) is 22.9. The Bertz CT molecular complexity index is 1250. The Balaban J connectivity index is 1.96. The molecule has 0 fully saturated rings. The summed E-state index contributed by atoms with van der Waals surface area (Å²) >= 11 is 0. The van der Waals surface area contributed by atoms with Gasteiger partial charge in [-0.05, 0) is 5.56 Å². The molecule has 2 unspecified atom stereocenters. The average Bonchev–Trinajstić information content (AvgIpc) is 2.97. The first-order chi connectivity index (χ1) is 13.5. The molecule has 2 aromatic carbocycles. The van der Waals surface area contributed by atoms with Gasteiger partial charge in [-0.3, -0.25) is 4.79 Å². The van der Waals surface area contributed by atoms with E-state index in [1.807, 2.05) is 36.4 Å².